The zero-order valence-electron chi connectivity index (χ0n) is 14.9. The summed E-state index contributed by atoms with van der Waals surface area (Å²) in [6.45, 7) is 6.31. The van der Waals surface area contributed by atoms with Crippen LogP contribution in [-0.2, 0) is 6.61 Å². The van der Waals surface area contributed by atoms with Crippen LogP contribution in [0.5, 0.6) is 0 Å². The standard InChI is InChI=1S/C23H23FO/c1-15(2)20-13-21(17-7-5-4-6-8-17)16(3)23(22(20)14-25)18-9-11-19(24)12-10-18/h4-13,15,25H,14H2,1-3H3. The van der Waals surface area contributed by atoms with Crippen LogP contribution in [0.15, 0.2) is 60.7 Å². The summed E-state index contributed by atoms with van der Waals surface area (Å²) in [5.41, 5.74) is 7.40. The maximum atomic E-state index is 13.4. The topological polar surface area (TPSA) is 20.2 Å². The van der Waals surface area contributed by atoms with Crippen molar-refractivity contribution < 1.29 is 9.50 Å². The lowest BCUT2D eigenvalue weighted by molar-refractivity contribution is 0.280. The van der Waals surface area contributed by atoms with Crippen LogP contribution in [0.4, 0.5) is 4.39 Å². The number of benzene rings is 3. The van der Waals surface area contributed by atoms with Crippen LogP contribution in [0.3, 0.4) is 0 Å². The van der Waals surface area contributed by atoms with Crippen LogP contribution in [0, 0.1) is 12.7 Å². The average molecular weight is 334 g/mol. The van der Waals surface area contributed by atoms with Crippen LogP contribution in [0.2, 0.25) is 0 Å². The third kappa shape index (κ3) is 3.35. The second-order valence-electron chi connectivity index (χ2n) is 6.68. The third-order valence-corrected chi connectivity index (χ3v) is 4.73. The van der Waals surface area contributed by atoms with Gasteiger partial charge in [0.05, 0.1) is 6.61 Å². The summed E-state index contributed by atoms with van der Waals surface area (Å²) in [5, 5.41) is 10.1. The van der Waals surface area contributed by atoms with Crippen molar-refractivity contribution in [2.24, 2.45) is 0 Å². The Morgan fingerprint density at radius 2 is 1.56 bits per heavy atom. The third-order valence-electron chi connectivity index (χ3n) is 4.73. The molecule has 3 rings (SSSR count). The molecule has 1 nitrogen and oxygen atoms in total. The van der Waals surface area contributed by atoms with Gasteiger partial charge >= 0.3 is 0 Å². The van der Waals surface area contributed by atoms with Crippen molar-refractivity contribution >= 4 is 0 Å². The molecule has 1 N–H and O–H groups in total. The van der Waals surface area contributed by atoms with E-state index in [1.807, 2.05) is 18.2 Å². The van der Waals surface area contributed by atoms with E-state index in [0.29, 0.717) is 0 Å². The monoisotopic (exact) mass is 334 g/mol. The zero-order valence-corrected chi connectivity index (χ0v) is 14.9. The molecule has 0 amide bonds. The van der Waals surface area contributed by atoms with E-state index in [4.69, 9.17) is 0 Å². The molecule has 128 valence electrons. The van der Waals surface area contributed by atoms with E-state index in [-0.39, 0.29) is 18.3 Å². The van der Waals surface area contributed by atoms with Crippen LogP contribution in [0.1, 0.15) is 36.5 Å². The Labute approximate surface area is 148 Å². The van der Waals surface area contributed by atoms with Gasteiger partial charge in [-0.2, -0.15) is 0 Å². The highest BCUT2D eigenvalue weighted by atomic mass is 19.1. The van der Waals surface area contributed by atoms with Crippen molar-refractivity contribution in [3.05, 3.63) is 83.2 Å². The quantitative estimate of drug-likeness (QED) is 0.612. The molecule has 0 saturated heterocycles. The highest BCUT2D eigenvalue weighted by molar-refractivity contribution is 5.82. The number of hydrogen-bond acceptors (Lipinski definition) is 1. The number of halogens is 1. The Bertz CT molecular complexity index is 865. The lowest BCUT2D eigenvalue weighted by atomic mass is 9.83. The van der Waals surface area contributed by atoms with Crippen LogP contribution < -0.4 is 0 Å². The van der Waals surface area contributed by atoms with Gasteiger partial charge in [0, 0.05) is 0 Å². The molecule has 0 radical (unpaired) electrons. The summed E-state index contributed by atoms with van der Waals surface area (Å²) in [5.74, 6) is 0.0275. The minimum Gasteiger partial charge on any atom is -0.392 e. The highest BCUT2D eigenvalue weighted by Gasteiger charge is 2.19. The zero-order chi connectivity index (χ0) is 18.0. The van der Waals surface area contributed by atoms with Gasteiger partial charge in [0.2, 0.25) is 0 Å². The van der Waals surface area contributed by atoms with Gasteiger partial charge in [0.25, 0.3) is 0 Å². The first-order chi connectivity index (χ1) is 12.0. The van der Waals surface area contributed by atoms with Crippen molar-refractivity contribution in [3.8, 4) is 22.3 Å². The largest absolute Gasteiger partial charge is 0.392 e. The minimum absolute atomic E-state index is 0.0316. The van der Waals surface area contributed by atoms with Gasteiger partial charge in [0.1, 0.15) is 5.82 Å². The average Bonchev–Trinajstić information content (AvgIpc) is 2.62. The van der Waals surface area contributed by atoms with Crippen LogP contribution >= 0.6 is 0 Å². The van der Waals surface area contributed by atoms with E-state index >= 15 is 0 Å². The molecule has 2 heteroatoms. The van der Waals surface area contributed by atoms with Gasteiger partial charge in [-0.15, -0.1) is 0 Å². The Kier molecular flexibility index (Phi) is 5.00. The summed E-state index contributed by atoms with van der Waals surface area (Å²) in [6.07, 6.45) is 0. The van der Waals surface area contributed by atoms with Crippen LogP contribution in [-0.4, -0.2) is 5.11 Å². The van der Waals surface area contributed by atoms with E-state index in [9.17, 15) is 9.50 Å². The molecule has 0 aromatic heterocycles. The SMILES string of the molecule is Cc1c(-c2ccccc2)cc(C(C)C)c(CO)c1-c1ccc(F)cc1. The van der Waals surface area contributed by atoms with Crippen molar-refractivity contribution in [1.29, 1.82) is 0 Å². The van der Waals surface area contributed by atoms with E-state index in [1.165, 1.54) is 12.1 Å². The van der Waals surface area contributed by atoms with Gasteiger partial charge in [0.15, 0.2) is 0 Å². The number of hydrogen-bond donors (Lipinski definition) is 1. The number of aliphatic hydroxyl groups excluding tert-OH is 1. The number of rotatable bonds is 4. The van der Waals surface area contributed by atoms with E-state index in [1.54, 1.807) is 12.1 Å². The minimum atomic E-state index is -0.254. The van der Waals surface area contributed by atoms with E-state index in [0.717, 1.165) is 38.9 Å². The Hall–Kier alpha value is -2.45. The molecule has 0 aliphatic rings. The fraction of sp³-hybridized carbons (Fsp3) is 0.217. The van der Waals surface area contributed by atoms with Gasteiger partial charge in [-0.25, -0.2) is 4.39 Å². The molecule has 0 bridgehead atoms. The predicted octanol–water partition coefficient (Wildman–Crippen LogP) is 6.08. The molecule has 3 aromatic carbocycles. The lowest BCUT2D eigenvalue weighted by Crippen LogP contribution is -2.04. The first kappa shape index (κ1) is 17.4. The molecule has 0 aliphatic heterocycles. The molecule has 3 aromatic rings. The molecule has 0 atom stereocenters. The summed E-state index contributed by atoms with van der Waals surface area (Å²) in [4.78, 5) is 0. The molecule has 0 spiro atoms. The summed E-state index contributed by atoms with van der Waals surface area (Å²) in [7, 11) is 0. The predicted molar refractivity (Wildman–Crippen MR) is 102 cm³/mol. The molecule has 25 heavy (non-hydrogen) atoms. The summed E-state index contributed by atoms with van der Waals surface area (Å²) >= 11 is 0. The molecular weight excluding hydrogens is 311 g/mol. The normalized spacial score (nSPS) is 11.1. The molecule has 0 unspecified atom stereocenters. The van der Waals surface area contributed by atoms with E-state index in [2.05, 4.69) is 39.0 Å². The van der Waals surface area contributed by atoms with Gasteiger partial charge in [-0.05, 0) is 63.9 Å². The molecule has 0 fully saturated rings. The summed E-state index contributed by atoms with van der Waals surface area (Å²) in [6, 6.07) is 19.0. The van der Waals surface area contributed by atoms with Crippen molar-refractivity contribution in [2.75, 3.05) is 0 Å². The van der Waals surface area contributed by atoms with Gasteiger partial charge in [-0.1, -0.05) is 62.4 Å². The maximum Gasteiger partial charge on any atom is 0.123 e. The van der Waals surface area contributed by atoms with Crippen molar-refractivity contribution in [1.82, 2.24) is 0 Å². The Morgan fingerprint density at radius 1 is 0.920 bits per heavy atom. The summed E-state index contributed by atoms with van der Waals surface area (Å²) < 4.78 is 13.4. The van der Waals surface area contributed by atoms with Gasteiger partial charge in [-0.3, -0.25) is 0 Å². The molecular formula is C23H23FO. The molecule has 0 heterocycles. The highest BCUT2D eigenvalue weighted by Crippen LogP contribution is 2.39. The smallest absolute Gasteiger partial charge is 0.123 e. The van der Waals surface area contributed by atoms with E-state index < -0.39 is 0 Å². The second kappa shape index (κ2) is 7.20. The molecule has 0 saturated carbocycles. The maximum absolute atomic E-state index is 13.4. The number of aliphatic hydroxyl groups is 1. The second-order valence-corrected chi connectivity index (χ2v) is 6.68. The van der Waals surface area contributed by atoms with Crippen LogP contribution in [0.25, 0.3) is 22.3 Å². The van der Waals surface area contributed by atoms with Crippen molar-refractivity contribution in [3.63, 3.8) is 0 Å². The van der Waals surface area contributed by atoms with Crippen molar-refractivity contribution in [2.45, 2.75) is 33.3 Å². The fourth-order valence-corrected chi connectivity index (χ4v) is 3.47. The Balaban J connectivity index is 2.35. The Morgan fingerprint density at radius 3 is 2.12 bits per heavy atom. The fourth-order valence-electron chi connectivity index (χ4n) is 3.47. The molecule has 0 aliphatic carbocycles. The van der Waals surface area contributed by atoms with Gasteiger partial charge < -0.3 is 5.11 Å². The first-order valence-electron chi connectivity index (χ1n) is 8.61. The lowest BCUT2D eigenvalue weighted by Gasteiger charge is -2.22. The first-order valence-corrected chi connectivity index (χ1v) is 8.61.